The van der Waals surface area contributed by atoms with Crippen molar-refractivity contribution in [1.29, 1.82) is 0 Å². The number of anilines is 1. The van der Waals surface area contributed by atoms with Crippen LogP contribution in [0.3, 0.4) is 0 Å². The second kappa shape index (κ2) is 9.01. The molecule has 0 saturated heterocycles. The first-order chi connectivity index (χ1) is 15.1. The van der Waals surface area contributed by atoms with Crippen molar-refractivity contribution >= 4 is 33.1 Å². The van der Waals surface area contributed by atoms with Gasteiger partial charge < -0.3 is 14.8 Å². The second-order valence-corrected chi connectivity index (χ2v) is 7.60. The van der Waals surface area contributed by atoms with Crippen LogP contribution in [-0.4, -0.2) is 29.2 Å². The quantitative estimate of drug-likeness (QED) is 0.471. The Kier molecular flexibility index (Phi) is 5.99. The van der Waals surface area contributed by atoms with E-state index in [1.165, 1.54) is 22.2 Å². The van der Waals surface area contributed by atoms with Gasteiger partial charge >= 0.3 is 0 Å². The standard InChI is InChI=1S/C23H21N3O4S/c1-3-30-18-10-6-16(7-11-18)25-20(27)12-26-14-24-22-21(23(26)28)19(13-31-22)15-4-8-17(29-2)9-5-15/h4-11,13-14H,3,12H2,1-2H3,(H,25,27). The molecule has 2 aromatic carbocycles. The molecular weight excluding hydrogens is 414 g/mol. The van der Waals surface area contributed by atoms with Gasteiger partial charge in [0.1, 0.15) is 22.9 Å². The summed E-state index contributed by atoms with van der Waals surface area (Å²) in [4.78, 5) is 30.6. The molecule has 0 aliphatic carbocycles. The zero-order valence-electron chi connectivity index (χ0n) is 17.1. The molecule has 1 N–H and O–H groups in total. The predicted octanol–water partition coefficient (Wildman–Crippen LogP) is 4.17. The lowest BCUT2D eigenvalue weighted by Crippen LogP contribution is -2.27. The highest BCUT2D eigenvalue weighted by atomic mass is 32.1. The summed E-state index contributed by atoms with van der Waals surface area (Å²) in [6, 6.07) is 14.6. The number of benzene rings is 2. The van der Waals surface area contributed by atoms with Crippen molar-refractivity contribution in [3.05, 3.63) is 70.6 Å². The largest absolute Gasteiger partial charge is 0.497 e. The first kappa shape index (κ1) is 20.6. The Hall–Kier alpha value is -3.65. The average Bonchev–Trinajstić information content (AvgIpc) is 3.22. The Bertz CT molecular complexity index is 1260. The van der Waals surface area contributed by atoms with E-state index >= 15 is 0 Å². The van der Waals surface area contributed by atoms with E-state index in [2.05, 4.69) is 10.3 Å². The van der Waals surface area contributed by atoms with Crippen LogP contribution in [0.4, 0.5) is 5.69 Å². The SMILES string of the molecule is CCOc1ccc(NC(=O)Cn2cnc3scc(-c4ccc(OC)cc4)c3c2=O)cc1. The van der Waals surface area contributed by atoms with E-state index < -0.39 is 0 Å². The van der Waals surface area contributed by atoms with Crippen molar-refractivity contribution in [2.24, 2.45) is 0 Å². The molecule has 8 heteroatoms. The minimum absolute atomic E-state index is 0.132. The summed E-state index contributed by atoms with van der Waals surface area (Å²) < 4.78 is 11.9. The smallest absolute Gasteiger partial charge is 0.263 e. The van der Waals surface area contributed by atoms with Crippen LogP contribution in [0, 0.1) is 0 Å². The molecule has 0 saturated carbocycles. The molecule has 4 rings (SSSR count). The summed E-state index contributed by atoms with van der Waals surface area (Å²) >= 11 is 1.40. The van der Waals surface area contributed by atoms with E-state index in [0.717, 1.165) is 22.6 Å². The van der Waals surface area contributed by atoms with Crippen LogP contribution in [0.25, 0.3) is 21.3 Å². The Morgan fingerprint density at radius 2 is 1.81 bits per heavy atom. The highest BCUT2D eigenvalue weighted by Crippen LogP contribution is 2.31. The van der Waals surface area contributed by atoms with Crippen LogP contribution < -0.4 is 20.3 Å². The summed E-state index contributed by atoms with van der Waals surface area (Å²) in [5.41, 5.74) is 2.06. The minimum Gasteiger partial charge on any atom is -0.497 e. The van der Waals surface area contributed by atoms with Crippen molar-refractivity contribution in [2.45, 2.75) is 13.5 Å². The fourth-order valence-corrected chi connectivity index (χ4v) is 4.13. The van der Waals surface area contributed by atoms with Crippen molar-refractivity contribution < 1.29 is 14.3 Å². The monoisotopic (exact) mass is 435 g/mol. The van der Waals surface area contributed by atoms with Crippen LogP contribution in [0.1, 0.15) is 6.92 Å². The average molecular weight is 436 g/mol. The molecule has 2 aromatic heterocycles. The van der Waals surface area contributed by atoms with Gasteiger partial charge in [-0.25, -0.2) is 4.98 Å². The number of amides is 1. The van der Waals surface area contributed by atoms with Crippen molar-refractivity contribution in [1.82, 2.24) is 9.55 Å². The number of thiophene rings is 1. The maximum Gasteiger partial charge on any atom is 0.263 e. The Balaban J connectivity index is 1.57. The number of fused-ring (bicyclic) bond motifs is 1. The highest BCUT2D eigenvalue weighted by Gasteiger charge is 2.15. The van der Waals surface area contributed by atoms with Crippen LogP contribution >= 0.6 is 11.3 Å². The van der Waals surface area contributed by atoms with Crippen molar-refractivity contribution in [3.8, 4) is 22.6 Å². The van der Waals surface area contributed by atoms with E-state index in [1.807, 2.05) is 36.6 Å². The summed E-state index contributed by atoms with van der Waals surface area (Å²) in [5, 5.41) is 5.21. The molecule has 0 unspecified atom stereocenters. The number of carbonyl (C=O) groups is 1. The first-order valence-corrected chi connectivity index (χ1v) is 10.6. The fourth-order valence-electron chi connectivity index (χ4n) is 3.22. The molecule has 0 aliphatic heterocycles. The van der Waals surface area contributed by atoms with Crippen LogP contribution in [0.5, 0.6) is 11.5 Å². The lowest BCUT2D eigenvalue weighted by Gasteiger charge is -2.09. The number of nitrogens with one attached hydrogen (secondary N) is 1. The Labute approximate surface area is 182 Å². The molecule has 1 amide bonds. The molecule has 0 bridgehead atoms. The van der Waals surface area contributed by atoms with Gasteiger partial charge in [-0.3, -0.25) is 14.2 Å². The van der Waals surface area contributed by atoms with E-state index in [0.29, 0.717) is 22.5 Å². The summed E-state index contributed by atoms with van der Waals surface area (Å²) in [6.07, 6.45) is 1.41. The number of nitrogens with zero attached hydrogens (tertiary/aromatic N) is 2. The molecule has 31 heavy (non-hydrogen) atoms. The van der Waals surface area contributed by atoms with Gasteiger partial charge in [0, 0.05) is 16.6 Å². The molecule has 158 valence electrons. The van der Waals surface area contributed by atoms with Gasteiger partial charge in [-0.05, 0) is 48.9 Å². The molecule has 0 aliphatic rings. The number of methoxy groups -OCH3 is 1. The number of hydrogen-bond donors (Lipinski definition) is 1. The van der Waals surface area contributed by atoms with Crippen LogP contribution in [-0.2, 0) is 11.3 Å². The lowest BCUT2D eigenvalue weighted by molar-refractivity contribution is -0.116. The van der Waals surface area contributed by atoms with Crippen molar-refractivity contribution in [2.75, 3.05) is 19.0 Å². The van der Waals surface area contributed by atoms with Gasteiger partial charge in [0.2, 0.25) is 5.91 Å². The maximum absolute atomic E-state index is 13.1. The number of ether oxygens (including phenoxy) is 2. The number of rotatable bonds is 7. The van der Waals surface area contributed by atoms with Gasteiger partial charge in [0.05, 0.1) is 25.4 Å². The van der Waals surface area contributed by atoms with Crippen LogP contribution in [0.15, 0.2) is 65.0 Å². The molecule has 7 nitrogen and oxygen atoms in total. The van der Waals surface area contributed by atoms with Crippen molar-refractivity contribution in [3.63, 3.8) is 0 Å². The third kappa shape index (κ3) is 4.44. The van der Waals surface area contributed by atoms with Gasteiger partial charge in [0.25, 0.3) is 5.56 Å². The molecule has 0 atom stereocenters. The van der Waals surface area contributed by atoms with E-state index in [9.17, 15) is 9.59 Å². The topological polar surface area (TPSA) is 82.4 Å². The van der Waals surface area contributed by atoms with Gasteiger partial charge in [0.15, 0.2) is 0 Å². The highest BCUT2D eigenvalue weighted by molar-refractivity contribution is 7.17. The van der Waals surface area contributed by atoms with Gasteiger partial charge in [-0.2, -0.15) is 0 Å². The molecular formula is C23H21N3O4S. The molecule has 0 radical (unpaired) electrons. The van der Waals surface area contributed by atoms with E-state index in [1.54, 1.807) is 31.4 Å². The third-order valence-corrected chi connectivity index (χ3v) is 5.61. The Morgan fingerprint density at radius 1 is 1.10 bits per heavy atom. The summed E-state index contributed by atoms with van der Waals surface area (Å²) in [5.74, 6) is 1.16. The zero-order chi connectivity index (χ0) is 21.8. The maximum atomic E-state index is 13.1. The van der Waals surface area contributed by atoms with E-state index in [4.69, 9.17) is 9.47 Å². The van der Waals surface area contributed by atoms with E-state index in [-0.39, 0.29) is 18.0 Å². The number of aromatic nitrogens is 2. The fraction of sp³-hybridized carbons (Fsp3) is 0.174. The molecule has 0 spiro atoms. The Morgan fingerprint density at radius 3 is 2.48 bits per heavy atom. The van der Waals surface area contributed by atoms with Gasteiger partial charge in [-0.1, -0.05) is 12.1 Å². The van der Waals surface area contributed by atoms with Gasteiger partial charge in [-0.15, -0.1) is 11.3 Å². The lowest BCUT2D eigenvalue weighted by atomic mass is 10.1. The minimum atomic E-state index is -0.311. The summed E-state index contributed by atoms with van der Waals surface area (Å²) in [6.45, 7) is 2.35. The summed E-state index contributed by atoms with van der Waals surface area (Å²) in [7, 11) is 1.61. The number of carbonyl (C=O) groups excluding carboxylic acids is 1. The first-order valence-electron chi connectivity index (χ1n) is 9.73. The molecule has 2 heterocycles. The van der Waals surface area contributed by atoms with Crippen LogP contribution in [0.2, 0.25) is 0 Å². The zero-order valence-corrected chi connectivity index (χ0v) is 17.9. The predicted molar refractivity (Wildman–Crippen MR) is 122 cm³/mol. The number of hydrogen-bond acceptors (Lipinski definition) is 6. The normalized spacial score (nSPS) is 10.8. The third-order valence-electron chi connectivity index (χ3n) is 4.72. The molecule has 0 fully saturated rings. The second-order valence-electron chi connectivity index (χ2n) is 6.74. The molecule has 4 aromatic rings.